The van der Waals surface area contributed by atoms with Crippen molar-refractivity contribution in [1.82, 2.24) is 24.0 Å². The number of pyridine rings is 1. The Labute approximate surface area is 225 Å². The highest BCUT2D eigenvalue weighted by Gasteiger charge is 2.44. The summed E-state index contributed by atoms with van der Waals surface area (Å²) in [5.41, 5.74) is 2.56. The number of nitrogens with one attached hydrogen (secondary N) is 3. The second-order valence-corrected chi connectivity index (χ2v) is 13.2. The van der Waals surface area contributed by atoms with E-state index >= 15 is 0 Å². The van der Waals surface area contributed by atoms with E-state index in [1.165, 1.54) is 15.6 Å². The molecule has 0 bridgehead atoms. The Balaban J connectivity index is 1.20. The number of aliphatic hydroxyl groups is 1. The fraction of sp³-hybridized carbons (Fsp3) is 0.560. The van der Waals surface area contributed by atoms with Crippen LogP contribution in [0.1, 0.15) is 35.4 Å². The number of anilines is 1. The second-order valence-electron chi connectivity index (χ2n) is 10.4. The summed E-state index contributed by atoms with van der Waals surface area (Å²) in [5.74, 6) is 0.522. The third-order valence-corrected chi connectivity index (χ3v) is 10.5. The first-order valence-corrected chi connectivity index (χ1v) is 15.3. The number of Topliss-reactive ketones (excluding diaryl/α,β-unsaturated/α-hetero) is 1. The van der Waals surface area contributed by atoms with E-state index in [9.17, 15) is 13.2 Å². The van der Waals surface area contributed by atoms with E-state index in [-0.39, 0.29) is 42.7 Å². The van der Waals surface area contributed by atoms with Gasteiger partial charge in [0.25, 0.3) is 10.2 Å². The summed E-state index contributed by atoms with van der Waals surface area (Å²) >= 11 is 1.39. The van der Waals surface area contributed by atoms with Crippen LogP contribution in [-0.2, 0) is 14.9 Å². The summed E-state index contributed by atoms with van der Waals surface area (Å²) in [7, 11) is -3.57. The van der Waals surface area contributed by atoms with Crippen molar-refractivity contribution >= 4 is 44.1 Å². The molecule has 0 aromatic carbocycles. The molecule has 204 valence electrons. The Hall–Kier alpha value is -2.42. The lowest BCUT2D eigenvalue weighted by atomic mass is 9.97. The van der Waals surface area contributed by atoms with Crippen molar-refractivity contribution in [2.45, 2.75) is 31.7 Å². The van der Waals surface area contributed by atoms with Crippen LogP contribution in [0.5, 0.6) is 0 Å². The van der Waals surface area contributed by atoms with Crippen LogP contribution >= 0.6 is 11.3 Å². The zero-order valence-electron chi connectivity index (χ0n) is 20.9. The molecule has 6 rings (SSSR count). The average Bonchev–Trinajstić information content (AvgIpc) is 3.71. The molecule has 11 nitrogen and oxygen atoms in total. The number of H-pyrrole nitrogens is 1. The molecule has 4 N–H and O–H groups in total. The number of carbonyl (C=O) groups excluding carboxylic acids is 1. The monoisotopic (exact) mass is 560 g/mol. The molecule has 2 unspecified atom stereocenters. The standard InChI is InChI=1S/C25H32N6O5S2/c32-6-5-29-38(34,35)31-12-16-8-18(9-17(16)13-31)30-22-19-3-4-26-24(19)27-10-20(22)25-28-11-21(37-25)23(33)15-2-1-7-36-14-15/h3-4,10-11,15-18,29,32H,1-2,5-9,12-14H2,(H2,26,27,30)/t15?,16-,17+,18?. The number of ketones is 1. The molecule has 2 saturated heterocycles. The predicted molar refractivity (Wildman–Crippen MR) is 144 cm³/mol. The molecule has 0 radical (unpaired) electrons. The Bertz CT molecular complexity index is 1400. The van der Waals surface area contributed by atoms with Crippen LogP contribution in [0.3, 0.4) is 0 Å². The SMILES string of the molecule is O=C(c1cnc(-c2cnc3[nH]ccc3c2NC2C[C@@H]3CN(S(=O)(=O)NCCO)C[C@@H]3C2)s1)C1CCCOC1. The van der Waals surface area contributed by atoms with E-state index in [0.29, 0.717) is 31.2 Å². The molecule has 1 aliphatic carbocycles. The van der Waals surface area contributed by atoms with Crippen molar-refractivity contribution in [3.05, 3.63) is 29.5 Å². The van der Waals surface area contributed by atoms with E-state index in [0.717, 1.165) is 53.0 Å². The van der Waals surface area contributed by atoms with Gasteiger partial charge in [0.05, 0.1) is 29.3 Å². The van der Waals surface area contributed by atoms with Crippen LogP contribution in [0.2, 0.25) is 0 Å². The van der Waals surface area contributed by atoms with Gasteiger partial charge in [-0.2, -0.15) is 17.4 Å². The number of aromatic nitrogens is 3. The number of thiazole rings is 1. The third kappa shape index (κ3) is 4.98. The molecule has 2 aliphatic heterocycles. The Kier molecular flexibility index (Phi) is 7.22. The van der Waals surface area contributed by atoms with E-state index < -0.39 is 10.2 Å². The largest absolute Gasteiger partial charge is 0.395 e. The van der Waals surface area contributed by atoms with Gasteiger partial charge in [-0.05, 0) is 43.6 Å². The van der Waals surface area contributed by atoms with Crippen LogP contribution in [0, 0.1) is 17.8 Å². The van der Waals surface area contributed by atoms with E-state index in [1.54, 1.807) is 12.4 Å². The topological polar surface area (TPSA) is 150 Å². The van der Waals surface area contributed by atoms with Crippen LogP contribution in [0.4, 0.5) is 5.69 Å². The highest BCUT2D eigenvalue weighted by atomic mass is 32.2. The summed E-state index contributed by atoms with van der Waals surface area (Å²) in [4.78, 5) is 26.1. The number of rotatable bonds is 9. The Morgan fingerprint density at radius 2 is 2.05 bits per heavy atom. The minimum Gasteiger partial charge on any atom is -0.395 e. The molecule has 3 aliphatic rings. The molecule has 3 aromatic rings. The van der Waals surface area contributed by atoms with Crippen LogP contribution in [0.25, 0.3) is 21.6 Å². The van der Waals surface area contributed by atoms with Crippen LogP contribution < -0.4 is 10.0 Å². The summed E-state index contributed by atoms with van der Waals surface area (Å²) in [5, 5.41) is 14.4. The molecule has 38 heavy (non-hydrogen) atoms. The van der Waals surface area contributed by atoms with Crippen molar-refractivity contribution in [3.63, 3.8) is 0 Å². The van der Waals surface area contributed by atoms with Crippen molar-refractivity contribution in [1.29, 1.82) is 0 Å². The number of nitrogens with zero attached hydrogens (tertiary/aromatic N) is 3. The number of hydrogen-bond acceptors (Lipinski definition) is 9. The lowest BCUT2D eigenvalue weighted by Gasteiger charge is -2.21. The molecule has 0 amide bonds. The fourth-order valence-corrected chi connectivity index (χ4v) is 8.29. The summed E-state index contributed by atoms with van der Waals surface area (Å²) in [6.07, 6.45) is 8.78. The Morgan fingerprint density at radius 3 is 2.79 bits per heavy atom. The smallest absolute Gasteiger partial charge is 0.279 e. The van der Waals surface area contributed by atoms with E-state index in [2.05, 4.69) is 25.0 Å². The molecular formula is C25H32N6O5S2. The molecule has 1 saturated carbocycles. The first-order chi connectivity index (χ1) is 18.4. The number of hydrogen-bond donors (Lipinski definition) is 4. The van der Waals surface area contributed by atoms with E-state index in [1.807, 2.05) is 12.3 Å². The minimum absolute atomic E-state index is 0.0222. The molecule has 3 aromatic heterocycles. The van der Waals surface area contributed by atoms with Gasteiger partial charge in [0.1, 0.15) is 10.7 Å². The van der Waals surface area contributed by atoms with Gasteiger partial charge < -0.3 is 20.1 Å². The molecule has 13 heteroatoms. The molecule has 5 heterocycles. The van der Waals surface area contributed by atoms with Crippen molar-refractivity contribution < 1.29 is 23.1 Å². The normalized spacial score (nSPS) is 26.1. The van der Waals surface area contributed by atoms with Crippen molar-refractivity contribution in [2.24, 2.45) is 17.8 Å². The van der Waals surface area contributed by atoms with Gasteiger partial charge in [0.2, 0.25) is 0 Å². The minimum atomic E-state index is -3.57. The lowest BCUT2D eigenvalue weighted by Crippen LogP contribution is -2.41. The number of carbonyl (C=O) groups is 1. The maximum Gasteiger partial charge on any atom is 0.279 e. The van der Waals surface area contributed by atoms with E-state index in [4.69, 9.17) is 9.84 Å². The predicted octanol–water partition coefficient (Wildman–Crippen LogP) is 2.24. The van der Waals surface area contributed by atoms with Gasteiger partial charge in [0, 0.05) is 62.2 Å². The quantitative estimate of drug-likeness (QED) is 0.291. The zero-order valence-corrected chi connectivity index (χ0v) is 22.6. The maximum atomic E-state index is 13.0. The molecule has 3 fully saturated rings. The molecular weight excluding hydrogens is 528 g/mol. The first kappa shape index (κ1) is 25.8. The maximum absolute atomic E-state index is 13.0. The molecule has 0 spiro atoms. The number of aromatic amines is 1. The van der Waals surface area contributed by atoms with Gasteiger partial charge in [-0.1, -0.05) is 0 Å². The highest BCUT2D eigenvalue weighted by molar-refractivity contribution is 7.87. The van der Waals surface area contributed by atoms with Crippen molar-refractivity contribution in [3.8, 4) is 10.6 Å². The summed E-state index contributed by atoms with van der Waals surface area (Å²) < 4.78 is 34.5. The second kappa shape index (κ2) is 10.6. The zero-order chi connectivity index (χ0) is 26.3. The lowest BCUT2D eigenvalue weighted by molar-refractivity contribution is 0.0464. The first-order valence-electron chi connectivity index (χ1n) is 13.1. The number of fused-ring (bicyclic) bond motifs is 2. The van der Waals surface area contributed by atoms with Gasteiger partial charge in [-0.15, -0.1) is 11.3 Å². The van der Waals surface area contributed by atoms with Crippen LogP contribution in [-0.4, -0.2) is 84.1 Å². The van der Waals surface area contributed by atoms with Gasteiger partial charge in [-0.3, -0.25) is 4.79 Å². The van der Waals surface area contributed by atoms with Gasteiger partial charge >= 0.3 is 0 Å². The number of aliphatic hydroxyl groups excluding tert-OH is 1. The van der Waals surface area contributed by atoms with Crippen molar-refractivity contribution in [2.75, 3.05) is 44.8 Å². The highest BCUT2D eigenvalue weighted by Crippen LogP contribution is 2.43. The molecule has 4 atom stereocenters. The number of ether oxygens (including phenoxy) is 1. The summed E-state index contributed by atoms with van der Waals surface area (Å²) in [6.45, 7) is 1.94. The van der Waals surface area contributed by atoms with Gasteiger partial charge in [-0.25, -0.2) is 9.97 Å². The third-order valence-electron chi connectivity index (χ3n) is 7.90. The van der Waals surface area contributed by atoms with Gasteiger partial charge in [0.15, 0.2) is 5.78 Å². The Morgan fingerprint density at radius 1 is 1.24 bits per heavy atom. The average molecular weight is 561 g/mol. The van der Waals surface area contributed by atoms with Crippen LogP contribution in [0.15, 0.2) is 24.7 Å². The summed E-state index contributed by atoms with van der Waals surface area (Å²) in [6, 6.07) is 2.17. The fourth-order valence-electron chi connectivity index (χ4n) is 6.03.